The average Bonchev–Trinajstić information content (AvgIpc) is 3.32. The monoisotopic (exact) mass is 339 g/mol. The largest absolute Gasteiger partial charge is 0.433 e. The molecule has 1 fully saturated rings. The van der Waals surface area contributed by atoms with Crippen LogP contribution in [0.25, 0.3) is 0 Å². The fraction of sp³-hybridized carbons (Fsp3) is 0.353. The van der Waals surface area contributed by atoms with E-state index in [0.717, 1.165) is 18.2 Å². The summed E-state index contributed by atoms with van der Waals surface area (Å²) >= 11 is 0. The normalized spacial score (nSPS) is 26.5. The van der Waals surface area contributed by atoms with E-state index in [1.807, 2.05) is 0 Å². The summed E-state index contributed by atoms with van der Waals surface area (Å²) in [5, 5.41) is 2.31. The Hall–Kier alpha value is -2.33. The predicted molar refractivity (Wildman–Crippen MR) is 78.3 cm³/mol. The maximum absolute atomic E-state index is 14.0. The molecule has 0 radical (unpaired) electrons. The number of anilines is 1. The number of rotatable bonds is 1. The van der Waals surface area contributed by atoms with Gasteiger partial charge in [0.05, 0.1) is 0 Å². The molecule has 0 saturated heterocycles. The van der Waals surface area contributed by atoms with Crippen molar-refractivity contribution >= 4 is 11.6 Å². The maximum atomic E-state index is 14.0. The molecule has 0 aromatic heterocycles. The second kappa shape index (κ2) is 5.64. The lowest BCUT2D eigenvalue weighted by Gasteiger charge is -2.32. The Morgan fingerprint density at radius 3 is 2.67 bits per heavy atom. The van der Waals surface area contributed by atoms with E-state index in [1.54, 1.807) is 0 Å². The van der Waals surface area contributed by atoms with Crippen LogP contribution in [0.5, 0.6) is 0 Å². The van der Waals surface area contributed by atoms with Crippen molar-refractivity contribution < 1.29 is 27.1 Å². The van der Waals surface area contributed by atoms with Gasteiger partial charge in [0.25, 0.3) is 11.5 Å². The first kappa shape index (κ1) is 16.5. The van der Waals surface area contributed by atoms with Crippen molar-refractivity contribution in [2.45, 2.75) is 30.7 Å². The quantitative estimate of drug-likeness (QED) is 0.483. The Bertz CT molecular complexity index is 758. The lowest BCUT2D eigenvalue weighted by Crippen LogP contribution is -2.46. The lowest BCUT2D eigenvalue weighted by atomic mass is 9.91. The van der Waals surface area contributed by atoms with Crippen molar-refractivity contribution in [3.8, 4) is 11.8 Å². The molecular formula is C17H13F4NO2. The molecule has 2 atom stereocenters. The van der Waals surface area contributed by atoms with Crippen LogP contribution in [-0.2, 0) is 15.1 Å². The highest BCUT2D eigenvalue weighted by Gasteiger charge is 2.60. The molecule has 3 rings (SSSR count). The van der Waals surface area contributed by atoms with E-state index in [0.29, 0.717) is 18.9 Å². The molecular weight excluding hydrogens is 326 g/mol. The first-order valence-corrected chi connectivity index (χ1v) is 7.27. The van der Waals surface area contributed by atoms with Crippen molar-refractivity contribution in [2.24, 2.45) is 5.92 Å². The van der Waals surface area contributed by atoms with E-state index < -0.39 is 35.2 Å². The molecule has 0 spiro atoms. The summed E-state index contributed by atoms with van der Waals surface area (Å²) in [7, 11) is 0. The van der Waals surface area contributed by atoms with Gasteiger partial charge in [-0.3, -0.25) is 4.79 Å². The number of carbonyl (C=O) groups excluding carboxylic acids is 1. The van der Waals surface area contributed by atoms with Crippen molar-refractivity contribution in [3.63, 3.8) is 0 Å². The number of carbonyl (C=O) groups is 1. The highest BCUT2D eigenvalue weighted by molar-refractivity contribution is 5.97. The third kappa shape index (κ3) is 2.78. The molecule has 3 nitrogen and oxygen atoms in total. The molecule has 0 unspecified atom stereocenters. The molecule has 1 aliphatic carbocycles. The summed E-state index contributed by atoms with van der Waals surface area (Å²) in [5.74, 6) is 2.83. The molecule has 24 heavy (non-hydrogen) atoms. The summed E-state index contributed by atoms with van der Waals surface area (Å²) in [6.45, 7) is 3.34. The number of ether oxygens (including phenoxy) is 1. The second-order valence-corrected chi connectivity index (χ2v) is 5.68. The van der Waals surface area contributed by atoms with Crippen LogP contribution in [0.2, 0.25) is 0 Å². The third-order valence-electron chi connectivity index (χ3n) is 3.82. The van der Waals surface area contributed by atoms with Crippen LogP contribution in [0, 0.1) is 23.6 Å². The minimum atomic E-state index is -4.98. The first-order chi connectivity index (χ1) is 11.3. The van der Waals surface area contributed by atoms with Crippen LogP contribution in [0.3, 0.4) is 0 Å². The maximum Gasteiger partial charge on any atom is 0.433 e. The van der Waals surface area contributed by atoms with Crippen molar-refractivity contribution in [2.75, 3.05) is 5.32 Å². The Labute approximate surface area is 135 Å². The number of nitrogens with one attached hydrogen (secondary N) is 1. The summed E-state index contributed by atoms with van der Waals surface area (Å²) in [5.41, 5.74) is -3.86. The minimum absolute atomic E-state index is 0.140. The molecule has 126 valence electrons. The summed E-state index contributed by atoms with van der Waals surface area (Å²) in [6.07, 6.45) is -4.18. The van der Waals surface area contributed by atoms with Gasteiger partial charge in [-0.1, -0.05) is 24.5 Å². The van der Waals surface area contributed by atoms with E-state index in [9.17, 15) is 22.4 Å². The van der Waals surface area contributed by atoms with E-state index >= 15 is 0 Å². The number of hydrogen-bond acceptors (Lipinski definition) is 2. The second-order valence-electron chi connectivity index (χ2n) is 5.68. The van der Waals surface area contributed by atoms with Crippen LogP contribution >= 0.6 is 0 Å². The zero-order valence-corrected chi connectivity index (χ0v) is 12.4. The summed E-state index contributed by atoms with van der Waals surface area (Å²) in [6, 6.07) is 2.72. The van der Waals surface area contributed by atoms with Gasteiger partial charge in [0.15, 0.2) is 6.10 Å². The molecule has 0 bridgehead atoms. The SMILES string of the molecule is C=C[C@@H]1O[C@](C#CC2CC2)(C(F)(F)F)c2cc(F)ccc2NC1=O. The van der Waals surface area contributed by atoms with E-state index in [2.05, 4.69) is 23.7 Å². The number of hydrogen-bond donors (Lipinski definition) is 1. The standard InChI is InChI=1S/C17H13F4NO2/c1-2-14-15(23)22-13-6-5-11(18)9-12(13)16(24-14,17(19,20)21)8-7-10-3-4-10/h2,5-6,9-10,14H,1,3-4H2,(H,22,23)/t14-,16-/m0/s1. The van der Waals surface area contributed by atoms with Crippen molar-refractivity contribution in [1.29, 1.82) is 0 Å². The Morgan fingerprint density at radius 1 is 1.38 bits per heavy atom. The van der Waals surface area contributed by atoms with Gasteiger partial charge in [-0.25, -0.2) is 4.39 Å². The Kier molecular flexibility index (Phi) is 3.88. The number of fused-ring (bicyclic) bond motifs is 1. The fourth-order valence-electron chi connectivity index (χ4n) is 2.40. The topological polar surface area (TPSA) is 38.3 Å². The molecule has 1 heterocycles. The molecule has 1 saturated carbocycles. The van der Waals surface area contributed by atoms with Gasteiger partial charge in [-0.05, 0) is 31.0 Å². The highest BCUT2D eigenvalue weighted by Crippen LogP contribution is 2.47. The highest BCUT2D eigenvalue weighted by atomic mass is 19.4. The number of benzene rings is 1. The van der Waals surface area contributed by atoms with Crippen molar-refractivity contribution in [3.05, 3.63) is 42.2 Å². The van der Waals surface area contributed by atoms with Crippen molar-refractivity contribution in [1.82, 2.24) is 0 Å². The zero-order valence-electron chi connectivity index (χ0n) is 12.4. The Morgan fingerprint density at radius 2 is 2.08 bits per heavy atom. The van der Waals surface area contributed by atoms with E-state index in [1.165, 1.54) is 0 Å². The molecule has 7 heteroatoms. The van der Waals surface area contributed by atoms with Crippen LogP contribution < -0.4 is 5.32 Å². The molecule has 1 aromatic carbocycles. The number of amides is 1. The predicted octanol–water partition coefficient (Wildman–Crippen LogP) is 3.52. The third-order valence-corrected chi connectivity index (χ3v) is 3.82. The van der Waals surface area contributed by atoms with Gasteiger partial charge in [-0.15, -0.1) is 0 Å². The van der Waals surface area contributed by atoms with E-state index in [-0.39, 0.29) is 11.6 Å². The van der Waals surface area contributed by atoms with Crippen LogP contribution in [-0.4, -0.2) is 18.2 Å². The van der Waals surface area contributed by atoms with E-state index in [4.69, 9.17) is 4.74 Å². The molecule has 1 amide bonds. The lowest BCUT2D eigenvalue weighted by molar-refractivity contribution is -0.263. The molecule has 1 aliphatic heterocycles. The molecule has 2 aliphatic rings. The van der Waals surface area contributed by atoms with Gasteiger partial charge in [0.1, 0.15) is 5.82 Å². The zero-order chi connectivity index (χ0) is 17.5. The average molecular weight is 339 g/mol. The van der Waals surface area contributed by atoms with Crippen LogP contribution in [0.1, 0.15) is 18.4 Å². The smallest absolute Gasteiger partial charge is 0.332 e. The Balaban J connectivity index is 2.27. The minimum Gasteiger partial charge on any atom is -0.332 e. The molecule has 1 N–H and O–H groups in total. The number of halogens is 4. The van der Waals surface area contributed by atoms with Gasteiger partial charge in [0.2, 0.25) is 0 Å². The fourth-order valence-corrected chi connectivity index (χ4v) is 2.40. The number of alkyl halides is 3. The summed E-state index contributed by atoms with van der Waals surface area (Å²) < 4.78 is 60.6. The van der Waals surface area contributed by atoms with Gasteiger partial charge < -0.3 is 10.1 Å². The molecule has 1 aromatic rings. The summed E-state index contributed by atoms with van der Waals surface area (Å²) in [4.78, 5) is 12.0. The van der Waals surface area contributed by atoms with Crippen LogP contribution in [0.4, 0.5) is 23.2 Å². The van der Waals surface area contributed by atoms with Gasteiger partial charge in [0, 0.05) is 17.2 Å². The first-order valence-electron chi connectivity index (χ1n) is 7.27. The van der Waals surface area contributed by atoms with Gasteiger partial charge in [-0.2, -0.15) is 13.2 Å². The van der Waals surface area contributed by atoms with Crippen LogP contribution in [0.15, 0.2) is 30.9 Å². The van der Waals surface area contributed by atoms with Gasteiger partial charge >= 0.3 is 6.18 Å².